The van der Waals surface area contributed by atoms with Crippen molar-refractivity contribution in [3.05, 3.63) is 65.6 Å². The second-order valence-electron chi connectivity index (χ2n) is 10.9. The highest BCUT2D eigenvalue weighted by Gasteiger charge is 2.35. The van der Waals surface area contributed by atoms with Gasteiger partial charge in [-0.05, 0) is 56.9 Å². The molecule has 3 aliphatic rings. The second kappa shape index (κ2) is 10.7. The van der Waals surface area contributed by atoms with Gasteiger partial charge in [-0.1, -0.05) is 6.07 Å². The van der Waals surface area contributed by atoms with E-state index in [-0.39, 0.29) is 17.8 Å². The minimum Gasteiger partial charge on any atom is -0.490 e. The van der Waals surface area contributed by atoms with E-state index < -0.39 is 10.0 Å². The number of sulfonamides is 1. The predicted octanol–water partition coefficient (Wildman–Crippen LogP) is 3.54. The summed E-state index contributed by atoms with van der Waals surface area (Å²) in [5.41, 5.74) is 3.47. The van der Waals surface area contributed by atoms with Gasteiger partial charge in [0.25, 0.3) is 5.91 Å². The third-order valence-electron chi connectivity index (χ3n) is 7.52. The number of carbonyl (C=O) groups excluding carboxylic acids is 1. The number of rotatable bonds is 8. The van der Waals surface area contributed by atoms with Gasteiger partial charge in [-0.15, -0.1) is 0 Å². The number of amides is 1. The summed E-state index contributed by atoms with van der Waals surface area (Å²) >= 11 is 0. The summed E-state index contributed by atoms with van der Waals surface area (Å²) in [6.45, 7) is 4.21. The minimum absolute atomic E-state index is 0.0305. The number of fused-ring (bicyclic) bond motifs is 1. The Labute approximate surface area is 234 Å². The van der Waals surface area contributed by atoms with Crippen LogP contribution in [0.2, 0.25) is 0 Å². The first-order valence-corrected chi connectivity index (χ1v) is 15.5. The fourth-order valence-electron chi connectivity index (χ4n) is 5.41. The maximum absolute atomic E-state index is 13.3. The van der Waals surface area contributed by atoms with Crippen LogP contribution in [0.5, 0.6) is 5.75 Å². The van der Waals surface area contributed by atoms with Crippen LogP contribution in [0.3, 0.4) is 0 Å². The Morgan fingerprint density at radius 1 is 1.10 bits per heavy atom. The molecule has 1 aromatic carbocycles. The molecule has 1 saturated carbocycles. The van der Waals surface area contributed by atoms with Crippen LogP contribution in [0.15, 0.2) is 48.8 Å². The van der Waals surface area contributed by atoms with E-state index in [9.17, 15) is 13.2 Å². The summed E-state index contributed by atoms with van der Waals surface area (Å²) in [5, 5.41) is 3.31. The van der Waals surface area contributed by atoms with E-state index in [1.54, 1.807) is 6.07 Å². The molecule has 6 rings (SSSR count). The van der Waals surface area contributed by atoms with E-state index in [0.717, 1.165) is 67.7 Å². The summed E-state index contributed by atoms with van der Waals surface area (Å²) in [6, 6.07) is 11.3. The van der Waals surface area contributed by atoms with Gasteiger partial charge in [0, 0.05) is 67.0 Å². The summed E-state index contributed by atoms with van der Waals surface area (Å²) in [4.78, 5) is 30.9. The van der Waals surface area contributed by atoms with Crippen LogP contribution in [-0.4, -0.2) is 70.1 Å². The van der Waals surface area contributed by atoms with Gasteiger partial charge < -0.3 is 15.0 Å². The molecule has 0 unspecified atom stereocenters. The molecule has 40 heavy (non-hydrogen) atoms. The zero-order chi connectivity index (χ0) is 27.9. The monoisotopic (exact) mass is 563 g/mol. The number of hydrogen-bond acceptors (Lipinski definition) is 9. The predicted molar refractivity (Wildman–Crippen MR) is 151 cm³/mol. The molecule has 1 aliphatic carbocycles. The van der Waals surface area contributed by atoms with Crippen LogP contribution in [-0.2, 0) is 23.1 Å². The SMILES string of the molecule is C[C@@H]1C[C@H](N2Cc3cnc(Nc4cccc(OC5CC5)c4)nc3C2)CCN1C(=O)c1ccnc(NS(C)(=O)=O)c1. The van der Waals surface area contributed by atoms with E-state index in [1.807, 2.05) is 35.4 Å². The topological polar surface area (TPSA) is 130 Å². The molecule has 2 atom stereocenters. The van der Waals surface area contributed by atoms with Gasteiger partial charge >= 0.3 is 0 Å². The Bertz CT molecular complexity index is 1530. The van der Waals surface area contributed by atoms with Crippen LogP contribution in [0.4, 0.5) is 17.5 Å². The van der Waals surface area contributed by atoms with Gasteiger partial charge in [0.1, 0.15) is 11.6 Å². The van der Waals surface area contributed by atoms with Crippen molar-refractivity contribution in [2.24, 2.45) is 0 Å². The van der Waals surface area contributed by atoms with Crippen LogP contribution in [0.1, 0.15) is 54.2 Å². The van der Waals surface area contributed by atoms with Gasteiger partial charge in [0.15, 0.2) is 0 Å². The standard InChI is InChI=1S/C28H33N7O4S/c1-18-12-22(9-11-35(18)27(36)19-8-10-29-26(13-19)33-40(2,37)38)34-16-20-15-30-28(32-25(20)17-34)31-21-4-3-5-24(14-21)39-23-6-7-23/h3-5,8,10,13-15,18,22-23H,6-7,9,11-12,16-17H2,1-2H3,(H,29,33)(H,30,31,32)/t18-,22-/m1/s1. The van der Waals surface area contributed by atoms with E-state index in [2.05, 4.69) is 31.8 Å². The van der Waals surface area contributed by atoms with E-state index in [1.165, 1.54) is 12.3 Å². The number of pyridine rings is 1. The number of aromatic nitrogens is 3. The second-order valence-corrected chi connectivity index (χ2v) is 12.6. The maximum Gasteiger partial charge on any atom is 0.254 e. The Morgan fingerprint density at radius 2 is 1.95 bits per heavy atom. The average Bonchev–Trinajstić information content (AvgIpc) is 3.62. The number of likely N-dealkylation sites (tertiary alicyclic amines) is 1. The Morgan fingerprint density at radius 3 is 2.73 bits per heavy atom. The van der Waals surface area contributed by atoms with Gasteiger partial charge in [0.05, 0.1) is 18.1 Å². The molecule has 0 radical (unpaired) electrons. The fourth-order valence-corrected chi connectivity index (χ4v) is 5.90. The summed E-state index contributed by atoms with van der Waals surface area (Å²) < 4.78 is 31.3. The molecular formula is C28H33N7O4S. The lowest BCUT2D eigenvalue weighted by Crippen LogP contribution is -2.50. The molecule has 3 aromatic rings. The van der Waals surface area contributed by atoms with Crippen molar-refractivity contribution in [3.8, 4) is 5.75 Å². The Kier molecular flexibility index (Phi) is 7.05. The zero-order valence-electron chi connectivity index (χ0n) is 22.6. The number of piperidine rings is 1. The lowest BCUT2D eigenvalue weighted by Gasteiger charge is -2.41. The average molecular weight is 564 g/mol. The molecule has 11 nitrogen and oxygen atoms in total. The molecule has 0 bridgehead atoms. The normalized spacial score (nSPS) is 21.1. The Balaban J connectivity index is 1.06. The van der Waals surface area contributed by atoms with Crippen molar-refractivity contribution in [2.75, 3.05) is 22.8 Å². The third-order valence-corrected chi connectivity index (χ3v) is 8.10. The molecule has 1 saturated heterocycles. The molecule has 1 amide bonds. The number of carbonyl (C=O) groups is 1. The van der Waals surface area contributed by atoms with Crippen molar-refractivity contribution >= 4 is 33.4 Å². The third kappa shape index (κ3) is 6.18. The van der Waals surface area contributed by atoms with Gasteiger partial charge in [-0.3, -0.25) is 14.4 Å². The lowest BCUT2D eigenvalue weighted by molar-refractivity contribution is 0.0460. The summed E-state index contributed by atoms with van der Waals surface area (Å²) in [6.07, 6.45) is 8.67. The van der Waals surface area contributed by atoms with Crippen LogP contribution in [0.25, 0.3) is 0 Å². The van der Waals surface area contributed by atoms with Crippen molar-refractivity contribution in [1.29, 1.82) is 0 Å². The first kappa shape index (κ1) is 26.5. The highest BCUT2D eigenvalue weighted by Crippen LogP contribution is 2.32. The van der Waals surface area contributed by atoms with E-state index in [0.29, 0.717) is 30.2 Å². The highest BCUT2D eigenvalue weighted by molar-refractivity contribution is 7.92. The molecule has 2 aromatic heterocycles. The first-order chi connectivity index (χ1) is 19.2. The number of ether oxygens (including phenoxy) is 1. The van der Waals surface area contributed by atoms with Crippen molar-refractivity contribution in [2.45, 2.75) is 63.9 Å². The van der Waals surface area contributed by atoms with E-state index >= 15 is 0 Å². The minimum atomic E-state index is -3.48. The number of nitrogens with zero attached hydrogens (tertiary/aromatic N) is 5. The molecule has 210 valence electrons. The smallest absolute Gasteiger partial charge is 0.254 e. The molecule has 2 aliphatic heterocycles. The first-order valence-electron chi connectivity index (χ1n) is 13.6. The van der Waals surface area contributed by atoms with Crippen molar-refractivity contribution in [3.63, 3.8) is 0 Å². The molecule has 0 spiro atoms. The highest BCUT2D eigenvalue weighted by atomic mass is 32.2. The number of hydrogen-bond donors (Lipinski definition) is 2. The van der Waals surface area contributed by atoms with Crippen LogP contribution in [0, 0.1) is 0 Å². The Hall–Kier alpha value is -3.77. The quantitative estimate of drug-likeness (QED) is 0.423. The van der Waals surface area contributed by atoms with E-state index in [4.69, 9.17) is 9.72 Å². The molecule has 4 heterocycles. The van der Waals surface area contributed by atoms with Crippen molar-refractivity contribution in [1.82, 2.24) is 24.8 Å². The molecule has 12 heteroatoms. The van der Waals surface area contributed by atoms with Crippen LogP contribution >= 0.6 is 0 Å². The molecular weight excluding hydrogens is 530 g/mol. The number of nitrogens with one attached hydrogen (secondary N) is 2. The number of benzene rings is 1. The van der Waals surface area contributed by atoms with Crippen molar-refractivity contribution < 1.29 is 17.9 Å². The van der Waals surface area contributed by atoms with Crippen LogP contribution < -0.4 is 14.8 Å². The summed E-state index contributed by atoms with van der Waals surface area (Å²) in [5.74, 6) is 1.44. The number of anilines is 3. The zero-order valence-corrected chi connectivity index (χ0v) is 23.4. The maximum atomic E-state index is 13.3. The largest absolute Gasteiger partial charge is 0.490 e. The fraction of sp³-hybridized carbons (Fsp3) is 0.429. The molecule has 2 fully saturated rings. The lowest BCUT2D eigenvalue weighted by atomic mass is 9.96. The summed E-state index contributed by atoms with van der Waals surface area (Å²) in [7, 11) is -3.48. The van der Waals surface area contributed by atoms with Gasteiger partial charge in [-0.2, -0.15) is 0 Å². The molecule has 2 N–H and O–H groups in total. The van der Waals surface area contributed by atoms with Gasteiger partial charge in [0.2, 0.25) is 16.0 Å². The van der Waals surface area contributed by atoms with Gasteiger partial charge in [-0.25, -0.2) is 23.4 Å².